The summed E-state index contributed by atoms with van der Waals surface area (Å²) in [6.07, 6.45) is 5.32. The zero-order chi connectivity index (χ0) is 12.0. The fourth-order valence-corrected chi connectivity index (χ4v) is 1.80. The Morgan fingerprint density at radius 2 is 2.06 bits per heavy atom. The molecule has 0 aliphatic rings. The third-order valence-electron chi connectivity index (χ3n) is 2.99. The van der Waals surface area contributed by atoms with Crippen molar-refractivity contribution < 1.29 is 5.11 Å². The maximum atomic E-state index is 9.86. The van der Waals surface area contributed by atoms with Crippen molar-refractivity contribution in [2.24, 2.45) is 0 Å². The van der Waals surface area contributed by atoms with Crippen LogP contribution >= 0.6 is 0 Å². The molecule has 1 rings (SSSR count). The molecule has 0 amide bonds. The number of aliphatic hydroxyl groups excluding tert-OH is 1. The fourth-order valence-electron chi connectivity index (χ4n) is 1.80. The highest BCUT2D eigenvalue weighted by molar-refractivity contribution is 5.30. The van der Waals surface area contributed by atoms with E-state index in [2.05, 4.69) is 38.6 Å². The Kier molecular flexibility index (Phi) is 5.27. The third-order valence-corrected chi connectivity index (χ3v) is 2.99. The normalized spacial score (nSPS) is 12.4. The van der Waals surface area contributed by atoms with Crippen LogP contribution < -0.4 is 0 Å². The van der Waals surface area contributed by atoms with Crippen molar-refractivity contribution in [2.45, 2.75) is 45.6 Å². The first-order chi connectivity index (χ1) is 7.63. The molecule has 0 aliphatic carbocycles. The Morgan fingerprint density at radius 3 is 2.69 bits per heavy atom. The number of unbranched alkanes of at least 4 members (excludes halogenated alkanes) is 1. The molecule has 0 saturated carbocycles. The topological polar surface area (TPSA) is 20.2 Å². The fraction of sp³-hybridized carbons (Fsp3) is 0.467. The first-order valence-electron chi connectivity index (χ1n) is 5.98. The van der Waals surface area contributed by atoms with Gasteiger partial charge in [-0.05, 0) is 56.2 Å². The molecule has 0 aromatic heterocycles. The van der Waals surface area contributed by atoms with Crippen LogP contribution in [0.4, 0.5) is 0 Å². The van der Waals surface area contributed by atoms with Crippen molar-refractivity contribution in [3.8, 4) is 0 Å². The minimum absolute atomic E-state index is 0.220. The number of aliphatic hydroxyl groups is 1. The van der Waals surface area contributed by atoms with Crippen molar-refractivity contribution >= 4 is 0 Å². The highest BCUT2D eigenvalue weighted by atomic mass is 16.3. The van der Waals surface area contributed by atoms with Gasteiger partial charge in [-0.2, -0.15) is 0 Å². The van der Waals surface area contributed by atoms with E-state index in [1.165, 1.54) is 16.7 Å². The summed E-state index contributed by atoms with van der Waals surface area (Å²) in [5.74, 6) is 0. The number of allylic oxidation sites excluding steroid dienone is 1. The molecule has 0 spiro atoms. The van der Waals surface area contributed by atoms with Crippen molar-refractivity contribution in [1.82, 2.24) is 0 Å². The van der Waals surface area contributed by atoms with Gasteiger partial charge in [0.25, 0.3) is 0 Å². The van der Waals surface area contributed by atoms with Crippen LogP contribution in [0.1, 0.15) is 36.0 Å². The van der Waals surface area contributed by atoms with Gasteiger partial charge >= 0.3 is 0 Å². The van der Waals surface area contributed by atoms with E-state index in [4.69, 9.17) is 0 Å². The van der Waals surface area contributed by atoms with Crippen LogP contribution in [0, 0.1) is 13.8 Å². The van der Waals surface area contributed by atoms with Gasteiger partial charge in [0.05, 0.1) is 6.10 Å². The molecule has 0 bridgehead atoms. The third kappa shape index (κ3) is 4.19. The zero-order valence-electron chi connectivity index (χ0n) is 10.4. The Bertz CT molecular complexity index is 341. The van der Waals surface area contributed by atoms with Crippen molar-refractivity contribution in [2.75, 3.05) is 0 Å². The maximum absolute atomic E-state index is 9.86. The summed E-state index contributed by atoms with van der Waals surface area (Å²) in [7, 11) is 0. The summed E-state index contributed by atoms with van der Waals surface area (Å²) >= 11 is 0. The molecular weight excluding hydrogens is 196 g/mol. The van der Waals surface area contributed by atoms with E-state index in [9.17, 15) is 5.11 Å². The van der Waals surface area contributed by atoms with Crippen LogP contribution in [0.2, 0.25) is 0 Å². The average molecular weight is 218 g/mol. The molecule has 1 atom stereocenters. The lowest BCUT2D eigenvalue weighted by Gasteiger charge is -2.11. The molecule has 0 heterocycles. The van der Waals surface area contributed by atoms with Crippen LogP contribution in [0.25, 0.3) is 0 Å². The predicted octanol–water partition coefficient (Wildman–Crippen LogP) is 3.56. The van der Waals surface area contributed by atoms with Gasteiger partial charge in [0, 0.05) is 0 Å². The smallest absolute Gasteiger partial charge is 0.0580 e. The lowest BCUT2D eigenvalue weighted by Crippen LogP contribution is -2.10. The number of benzene rings is 1. The monoisotopic (exact) mass is 218 g/mol. The van der Waals surface area contributed by atoms with Crippen molar-refractivity contribution in [3.63, 3.8) is 0 Å². The van der Waals surface area contributed by atoms with E-state index >= 15 is 0 Å². The van der Waals surface area contributed by atoms with Gasteiger partial charge in [-0.1, -0.05) is 24.3 Å². The highest BCUT2D eigenvalue weighted by Crippen LogP contribution is 2.13. The second-order valence-corrected chi connectivity index (χ2v) is 4.50. The molecule has 1 N–H and O–H groups in total. The van der Waals surface area contributed by atoms with Crippen LogP contribution in [-0.4, -0.2) is 11.2 Å². The number of hydrogen-bond donors (Lipinski definition) is 1. The molecule has 16 heavy (non-hydrogen) atoms. The van der Waals surface area contributed by atoms with E-state index in [0.717, 1.165) is 25.7 Å². The van der Waals surface area contributed by atoms with Crippen LogP contribution in [-0.2, 0) is 6.42 Å². The van der Waals surface area contributed by atoms with Crippen LogP contribution in [0.3, 0.4) is 0 Å². The average Bonchev–Trinajstić information content (AvgIpc) is 2.24. The Morgan fingerprint density at radius 1 is 1.31 bits per heavy atom. The molecular formula is C15H22O. The summed E-state index contributed by atoms with van der Waals surface area (Å²) in [5.41, 5.74) is 3.84. The number of aryl methyl sites for hydroxylation is 2. The molecule has 88 valence electrons. The summed E-state index contributed by atoms with van der Waals surface area (Å²) in [4.78, 5) is 0. The van der Waals surface area contributed by atoms with Gasteiger partial charge in [-0.25, -0.2) is 0 Å². The summed E-state index contributed by atoms with van der Waals surface area (Å²) in [5, 5.41) is 9.86. The van der Waals surface area contributed by atoms with Crippen LogP contribution in [0.15, 0.2) is 30.9 Å². The molecule has 0 saturated heterocycles. The van der Waals surface area contributed by atoms with Crippen molar-refractivity contribution in [3.05, 3.63) is 47.5 Å². The van der Waals surface area contributed by atoms with Gasteiger partial charge < -0.3 is 5.11 Å². The van der Waals surface area contributed by atoms with Gasteiger partial charge in [0.1, 0.15) is 0 Å². The lowest BCUT2D eigenvalue weighted by molar-refractivity contribution is 0.162. The molecule has 0 aliphatic heterocycles. The van der Waals surface area contributed by atoms with Gasteiger partial charge in [0.15, 0.2) is 0 Å². The minimum Gasteiger partial charge on any atom is -0.393 e. The number of hydrogen-bond acceptors (Lipinski definition) is 1. The molecule has 0 radical (unpaired) electrons. The second-order valence-electron chi connectivity index (χ2n) is 4.50. The summed E-state index contributed by atoms with van der Waals surface area (Å²) < 4.78 is 0. The molecule has 1 heteroatoms. The first kappa shape index (κ1) is 13.0. The predicted molar refractivity (Wildman–Crippen MR) is 69.7 cm³/mol. The number of rotatable bonds is 6. The quantitative estimate of drug-likeness (QED) is 0.571. The molecule has 1 nitrogen and oxygen atoms in total. The highest BCUT2D eigenvalue weighted by Gasteiger charge is 2.05. The largest absolute Gasteiger partial charge is 0.393 e. The molecule has 1 aromatic rings. The van der Waals surface area contributed by atoms with E-state index in [0.29, 0.717) is 0 Å². The summed E-state index contributed by atoms with van der Waals surface area (Å²) in [6.45, 7) is 7.91. The van der Waals surface area contributed by atoms with Gasteiger partial charge in [-0.3, -0.25) is 0 Å². The zero-order valence-corrected chi connectivity index (χ0v) is 10.4. The second kappa shape index (κ2) is 6.49. The van der Waals surface area contributed by atoms with E-state index in [1.807, 2.05) is 6.08 Å². The maximum Gasteiger partial charge on any atom is 0.0580 e. The Balaban J connectivity index is 2.46. The van der Waals surface area contributed by atoms with E-state index in [-0.39, 0.29) is 6.10 Å². The molecule has 0 fully saturated rings. The summed E-state index contributed by atoms with van der Waals surface area (Å²) in [6, 6.07) is 6.41. The van der Waals surface area contributed by atoms with Crippen LogP contribution in [0.5, 0.6) is 0 Å². The SMILES string of the molecule is C=CCCCC(O)Cc1ccc(C)c(C)c1. The lowest BCUT2D eigenvalue weighted by atomic mass is 10.00. The standard InChI is InChI=1S/C15H22O/c1-4-5-6-7-15(16)11-14-9-8-12(2)13(3)10-14/h4,8-10,15-16H,1,5-7,11H2,2-3H3. The van der Waals surface area contributed by atoms with Gasteiger partial charge in [0.2, 0.25) is 0 Å². The van der Waals surface area contributed by atoms with Gasteiger partial charge in [-0.15, -0.1) is 6.58 Å². The van der Waals surface area contributed by atoms with E-state index < -0.39 is 0 Å². The van der Waals surface area contributed by atoms with E-state index in [1.54, 1.807) is 0 Å². The molecule has 1 unspecified atom stereocenters. The first-order valence-corrected chi connectivity index (χ1v) is 5.98. The minimum atomic E-state index is -0.220. The Hall–Kier alpha value is -1.08. The Labute approximate surface area is 98.8 Å². The molecule has 1 aromatic carbocycles. The van der Waals surface area contributed by atoms with Crippen molar-refractivity contribution in [1.29, 1.82) is 0 Å².